The fraction of sp³-hybridized carbons (Fsp3) is 0.500. The van der Waals surface area contributed by atoms with Crippen LogP contribution in [0.15, 0.2) is 18.2 Å². The molecule has 0 bridgehead atoms. The van der Waals surface area contributed by atoms with E-state index in [9.17, 15) is 14.0 Å². The number of halogens is 1. The van der Waals surface area contributed by atoms with Gasteiger partial charge in [0.15, 0.2) is 0 Å². The summed E-state index contributed by atoms with van der Waals surface area (Å²) >= 11 is 0. The number of hydrogen-bond donors (Lipinski definition) is 3. The Labute approximate surface area is 128 Å². The van der Waals surface area contributed by atoms with E-state index in [1.54, 1.807) is 0 Å². The zero-order chi connectivity index (χ0) is 16.3. The number of carbonyl (C=O) groups excluding carboxylic acids is 2. The number of rotatable bonds is 5. The highest BCUT2D eigenvalue weighted by molar-refractivity contribution is 6.01. The molecular weight excluding hydrogens is 287 g/mol. The lowest BCUT2D eigenvalue weighted by atomic mass is 9.87. The lowest BCUT2D eigenvalue weighted by Crippen LogP contribution is -2.39. The van der Waals surface area contributed by atoms with Crippen molar-refractivity contribution in [2.24, 2.45) is 5.41 Å². The van der Waals surface area contributed by atoms with Crippen LogP contribution in [-0.2, 0) is 9.59 Å². The van der Waals surface area contributed by atoms with Gasteiger partial charge in [0.1, 0.15) is 5.82 Å². The van der Waals surface area contributed by atoms with Gasteiger partial charge in [-0.3, -0.25) is 9.59 Å². The van der Waals surface area contributed by atoms with Crippen molar-refractivity contribution >= 4 is 17.5 Å². The first-order chi connectivity index (χ1) is 10.3. The highest BCUT2D eigenvalue weighted by Gasteiger charge is 2.31. The average Bonchev–Trinajstić information content (AvgIpc) is 2.43. The molecular formula is C16H21FN2O3. The fourth-order valence-electron chi connectivity index (χ4n) is 2.51. The number of aliphatic hydroxyl groups excluding tert-OH is 1. The van der Waals surface area contributed by atoms with E-state index in [1.165, 1.54) is 18.2 Å². The standard InChI is InChI=1S/C16H21FN2O3/c1-16(2,5-6-20)9-18-15(22)12-8-14(21)19-13-7-10(17)3-4-11(12)13/h3-4,7,12,20H,5-6,8-9H2,1-2H3,(H,18,22)(H,19,21). The summed E-state index contributed by atoms with van der Waals surface area (Å²) in [5.41, 5.74) is 0.747. The largest absolute Gasteiger partial charge is 0.396 e. The summed E-state index contributed by atoms with van der Waals surface area (Å²) in [5.74, 6) is -1.62. The Morgan fingerprint density at radius 3 is 2.91 bits per heavy atom. The normalized spacial score (nSPS) is 17.6. The lowest BCUT2D eigenvalue weighted by Gasteiger charge is -2.28. The van der Waals surface area contributed by atoms with E-state index in [4.69, 9.17) is 5.11 Å². The van der Waals surface area contributed by atoms with E-state index >= 15 is 0 Å². The molecule has 1 aliphatic rings. The maximum absolute atomic E-state index is 13.3. The Morgan fingerprint density at radius 2 is 2.23 bits per heavy atom. The molecule has 3 N–H and O–H groups in total. The Balaban J connectivity index is 2.12. The third-order valence-corrected chi connectivity index (χ3v) is 3.90. The maximum Gasteiger partial charge on any atom is 0.228 e. The van der Waals surface area contributed by atoms with Crippen molar-refractivity contribution in [1.29, 1.82) is 0 Å². The molecule has 22 heavy (non-hydrogen) atoms. The van der Waals surface area contributed by atoms with Crippen molar-refractivity contribution < 1.29 is 19.1 Å². The number of amides is 2. The third kappa shape index (κ3) is 3.82. The molecule has 0 fully saturated rings. The highest BCUT2D eigenvalue weighted by atomic mass is 19.1. The number of anilines is 1. The number of nitrogens with one attached hydrogen (secondary N) is 2. The maximum atomic E-state index is 13.3. The summed E-state index contributed by atoms with van der Waals surface area (Å²) in [7, 11) is 0. The summed E-state index contributed by atoms with van der Waals surface area (Å²) in [6, 6.07) is 4.04. The van der Waals surface area contributed by atoms with E-state index in [0.29, 0.717) is 24.2 Å². The summed E-state index contributed by atoms with van der Waals surface area (Å²) < 4.78 is 13.3. The number of hydrogen-bond acceptors (Lipinski definition) is 3. The molecule has 2 rings (SSSR count). The molecule has 1 aliphatic heterocycles. The molecule has 1 atom stereocenters. The van der Waals surface area contributed by atoms with Gasteiger partial charge in [0.25, 0.3) is 0 Å². The van der Waals surface area contributed by atoms with E-state index < -0.39 is 11.7 Å². The predicted octanol–water partition coefficient (Wildman–Crippen LogP) is 1.78. The topological polar surface area (TPSA) is 78.4 Å². The van der Waals surface area contributed by atoms with Crippen molar-refractivity contribution in [2.45, 2.75) is 32.6 Å². The molecule has 120 valence electrons. The Kier molecular flexibility index (Phi) is 4.81. The van der Waals surface area contributed by atoms with Gasteiger partial charge in [-0.15, -0.1) is 0 Å². The monoisotopic (exact) mass is 308 g/mol. The summed E-state index contributed by atoms with van der Waals surface area (Å²) in [6.07, 6.45) is 0.616. The van der Waals surface area contributed by atoms with Gasteiger partial charge in [0, 0.05) is 25.3 Å². The van der Waals surface area contributed by atoms with Crippen LogP contribution in [0.5, 0.6) is 0 Å². The number of carbonyl (C=O) groups is 2. The fourth-order valence-corrected chi connectivity index (χ4v) is 2.51. The molecule has 0 radical (unpaired) electrons. The van der Waals surface area contributed by atoms with Crippen LogP contribution in [0.25, 0.3) is 0 Å². The van der Waals surface area contributed by atoms with E-state index in [-0.39, 0.29) is 30.3 Å². The van der Waals surface area contributed by atoms with Crippen LogP contribution in [0, 0.1) is 11.2 Å². The van der Waals surface area contributed by atoms with Gasteiger partial charge in [-0.2, -0.15) is 0 Å². The van der Waals surface area contributed by atoms with Crippen molar-refractivity contribution in [3.63, 3.8) is 0 Å². The van der Waals surface area contributed by atoms with Crippen LogP contribution in [-0.4, -0.2) is 30.1 Å². The number of benzene rings is 1. The zero-order valence-corrected chi connectivity index (χ0v) is 12.8. The molecule has 1 aromatic rings. The zero-order valence-electron chi connectivity index (χ0n) is 12.8. The second-order valence-corrected chi connectivity index (χ2v) is 6.39. The number of aliphatic hydroxyl groups is 1. The molecule has 0 saturated carbocycles. The van der Waals surface area contributed by atoms with Gasteiger partial charge in [-0.05, 0) is 29.5 Å². The smallest absolute Gasteiger partial charge is 0.228 e. The first-order valence-corrected chi connectivity index (χ1v) is 7.30. The Bertz CT molecular complexity index is 587. The average molecular weight is 308 g/mol. The summed E-state index contributed by atoms with van der Waals surface area (Å²) in [6.45, 7) is 4.35. The quantitative estimate of drug-likeness (QED) is 0.776. The first kappa shape index (κ1) is 16.4. The molecule has 1 unspecified atom stereocenters. The molecule has 2 amide bonds. The van der Waals surface area contributed by atoms with E-state index in [2.05, 4.69) is 10.6 Å². The molecule has 6 heteroatoms. The first-order valence-electron chi connectivity index (χ1n) is 7.30. The van der Waals surface area contributed by atoms with Gasteiger partial charge >= 0.3 is 0 Å². The van der Waals surface area contributed by atoms with Gasteiger partial charge in [-0.1, -0.05) is 19.9 Å². The van der Waals surface area contributed by atoms with Crippen LogP contribution in [0.3, 0.4) is 0 Å². The van der Waals surface area contributed by atoms with Crippen molar-refractivity contribution in [3.05, 3.63) is 29.6 Å². The van der Waals surface area contributed by atoms with Gasteiger partial charge < -0.3 is 15.7 Å². The second kappa shape index (κ2) is 6.44. The Morgan fingerprint density at radius 1 is 1.50 bits per heavy atom. The van der Waals surface area contributed by atoms with Crippen LogP contribution in [0.4, 0.5) is 10.1 Å². The SMILES string of the molecule is CC(C)(CCO)CNC(=O)C1CC(=O)Nc2cc(F)ccc21. The molecule has 1 aromatic carbocycles. The minimum absolute atomic E-state index is 0.0465. The van der Waals surface area contributed by atoms with Crippen LogP contribution >= 0.6 is 0 Å². The van der Waals surface area contributed by atoms with E-state index in [1.807, 2.05) is 13.8 Å². The van der Waals surface area contributed by atoms with Gasteiger partial charge in [0.2, 0.25) is 11.8 Å². The third-order valence-electron chi connectivity index (χ3n) is 3.90. The van der Waals surface area contributed by atoms with E-state index in [0.717, 1.165) is 0 Å². The summed E-state index contributed by atoms with van der Waals surface area (Å²) in [4.78, 5) is 24.1. The highest BCUT2D eigenvalue weighted by Crippen LogP contribution is 2.33. The molecule has 1 heterocycles. The minimum Gasteiger partial charge on any atom is -0.396 e. The number of fused-ring (bicyclic) bond motifs is 1. The molecule has 0 saturated heterocycles. The van der Waals surface area contributed by atoms with Crippen LogP contribution < -0.4 is 10.6 Å². The van der Waals surface area contributed by atoms with Crippen molar-refractivity contribution in [2.75, 3.05) is 18.5 Å². The van der Waals surface area contributed by atoms with Crippen molar-refractivity contribution in [1.82, 2.24) is 5.32 Å². The second-order valence-electron chi connectivity index (χ2n) is 6.39. The molecule has 0 aliphatic carbocycles. The van der Waals surface area contributed by atoms with Gasteiger partial charge in [-0.25, -0.2) is 4.39 Å². The lowest BCUT2D eigenvalue weighted by molar-refractivity contribution is -0.126. The van der Waals surface area contributed by atoms with Crippen LogP contribution in [0.1, 0.15) is 38.2 Å². The predicted molar refractivity (Wildman–Crippen MR) is 80.9 cm³/mol. The molecule has 0 spiro atoms. The molecule has 5 nitrogen and oxygen atoms in total. The molecule has 0 aromatic heterocycles. The van der Waals surface area contributed by atoms with Gasteiger partial charge in [0.05, 0.1) is 5.92 Å². The van der Waals surface area contributed by atoms with Crippen molar-refractivity contribution in [3.8, 4) is 0 Å². The van der Waals surface area contributed by atoms with Crippen LogP contribution in [0.2, 0.25) is 0 Å². The minimum atomic E-state index is -0.616. The Hall–Kier alpha value is -1.95. The summed E-state index contributed by atoms with van der Waals surface area (Å²) in [5, 5.41) is 14.4.